The van der Waals surface area contributed by atoms with Crippen molar-refractivity contribution in [3.63, 3.8) is 0 Å². The van der Waals surface area contributed by atoms with E-state index in [-0.39, 0.29) is 6.04 Å². The number of benzene rings is 1. The van der Waals surface area contributed by atoms with E-state index in [1.54, 1.807) is 0 Å². The van der Waals surface area contributed by atoms with Gasteiger partial charge in [0.25, 0.3) is 0 Å². The third-order valence-corrected chi connectivity index (χ3v) is 4.11. The zero-order valence-corrected chi connectivity index (χ0v) is 12.1. The van der Waals surface area contributed by atoms with Crippen molar-refractivity contribution in [3.05, 3.63) is 32.7 Å². The van der Waals surface area contributed by atoms with E-state index in [0.717, 1.165) is 40.4 Å². The highest BCUT2D eigenvalue weighted by molar-refractivity contribution is 9.11. The van der Waals surface area contributed by atoms with Gasteiger partial charge in [-0.05, 0) is 43.0 Å². The summed E-state index contributed by atoms with van der Waals surface area (Å²) in [5.41, 5.74) is 7.36. The Hall–Kier alpha value is 0.1000. The van der Waals surface area contributed by atoms with Crippen LogP contribution in [0.3, 0.4) is 0 Å². The molecule has 2 N–H and O–H groups in total. The molecule has 1 saturated heterocycles. The monoisotopic (exact) mass is 347 g/mol. The predicted molar refractivity (Wildman–Crippen MR) is 72.4 cm³/mol. The van der Waals surface area contributed by atoms with Crippen LogP contribution in [0.4, 0.5) is 0 Å². The molecule has 0 aliphatic carbocycles. The van der Waals surface area contributed by atoms with E-state index in [1.807, 2.05) is 12.1 Å². The Kier molecular flexibility index (Phi) is 4.41. The molecule has 1 aliphatic heterocycles. The smallest absolute Gasteiger partial charge is 0.0594 e. The minimum absolute atomic E-state index is 0.0370. The summed E-state index contributed by atoms with van der Waals surface area (Å²) < 4.78 is 7.74. The van der Waals surface area contributed by atoms with Crippen molar-refractivity contribution in [1.29, 1.82) is 0 Å². The van der Waals surface area contributed by atoms with E-state index >= 15 is 0 Å². The lowest BCUT2D eigenvalue weighted by atomic mass is 10.0. The van der Waals surface area contributed by atoms with Crippen LogP contribution in [0.5, 0.6) is 0 Å². The molecular weight excluding hydrogens is 334 g/mol. The van der Waals surface area contributed by atoms with Gasteiger partial charge in [0, 0.05) is 21.6 Å². The lowest BCUT2D eigenvalue weighted by molar-refractivity contribution is 0.0983. The van der Waals surface area contributed by atoms with Gasteiger partial charge >= 0.3 is 0 Å². The fourth-order valence-corrected chi connectivity index (χ4v) is 2.96. The topological polar surface area (TPSA) is 35.2 Å². The van der Waals surface area contributed by atoms with E-state index in [1.165, 1.54) is 0 Å². The summed E-state index contributed by atoms with van der Waals surface area (Å²) in [7, 11) is 0. The predicted octanol–water partition coefficient (Wildman–Crippen LogP) is 3.78. The second-order valence-corrected chi connectivity index (χ2v) is 5.91. The van der Waals surface area contributed by atoms with Gasteiger partial charge in [-0.1, -0.05) is 31.9 Å². The molecule has 1 aromatic carbocycles. The Morgan fingerprint density at radius 1 is 1.44 bits per heavy atom. The van der Waals surface area contributed by atoms with Crippen LogP contribution in [0.15, 0.2) is 27.1 Å². The van der Waals surface area contributed by atoms with E-state index in [9.17, 15) is 0 Å². The molecule has 2 nitrogen and oxygen atoms in total. The number of halogens is 2. The van der Waals surface area contributed by atoms with Gasteiger partial charge in [0.15, 0.2) is 0 Å². The number of nitrogens with two attached hydrogens (primary N) is 1. The van der Waals surface area contributed by atoms with Crippen LogP contribution in [0.1, 0.15) is 30.9 Å². The van der Waals surface area contributed by atoms with Crippen LogP contribution >= 0.6 is 31.9 Å². The highest BCUT2D eigenvalue weighted by Gasteiger charge is 2.20. The highest BCUT2D eigenvalue weighted by Crippen LogP contribution is 2.30. The number of ether oxygens (including phenoxy) is 1. The van der Waals surface area contributed by atoms with Gasteiger partial charge in [-0.25, -0.2) is 0 Å². The number of hydrogen-bond acceptors (Lipinski definition) is 2. The molecule has 2 unspecified atom stereocenters. The lowest BCUT2D eigenvalue weighted by Crippen LogP contribution is -2.18. The van der Waals surface area contributed by atoms with Crippen molar-refractivity contribution in [2.24, 2.45) is 5.73 Å². The maximum absolute atomic E-state index is 6.21. The van der Waals surface area contributed by atoms with Crippen molar-refractivity contribution < 1.29 is 4.74 Å². The quantitative estimate of drug-likeness (QED) is 0.902. The van der Waals surface area contributed by atoms with Crippen LogP contribution in [-0.2, 0) is 4.74 Å². The Bertz CT molecular complexity index is 364. The van der Waals surface area contributed by atoms with Crippen molar-refractivity contribution in [2.75, 3.05) is 6.61 Å². The van der Waals surface area contributed by atoms with E-state index in [2.05, 4.69) is 37.9 Å². The molecule has 2 rings (SSSR count). The van der Waals surface area contributed by atoms with Crippen LogP contribution < -0.4 is 5.73 Å². The first-order valence-electron chi connectivity index (χ1n) is 5.49. The van der Waals surface area contributed by atoms with Gasteiger partial charge in [0.05, 0.1) is 6.10 Å². The molecule has 0 bridgehead atoms. The average Bonchev–Trinajstić information content (AvgIpc) is 2.74. The molecule has 0 amide bonds. The van der Waals surface area contributed by atoms with Crippen LogP contribution in [0.25, 0.3) is 0 Å². The Labute approximate surface area is 113 Å². The molecule has 88 valence electrons. The van der Waals surface area contributed by atoms with Crippen molar-refractivity contribution in [3.8, 4) is 0 Å². The molecular formula is C12H15Br2NO. The highest BCUT2D eigenvalue weighted by atomic mass is 79.9. The summed E-state index contributed by atoms with van der Waals surface area (Å²) in [5, 5.41) is 0. The fraction of sp³-hybridized carbons (Fsp3) is 0.500. The molecule has 1 heterocycles. The first kappa shape index (κ1) is 12.6. The number of hydrogen-bond donors (Lipinski definition) is 1. The van der Waals surface area contributed by atoms with Gasteiger partial charge in [0.1, 0.15) is 0 Å². The lowest BCUT2D eigenvalue weighted by Gasteiger charge is -2.18. The zero-order chi connectivity index (χ0) is 11.5. The van der Waals surface area contributed by atoms with Crippen molar-refractivity contribution in [2.45, 2.75) is 31.4 Å². The molecule has 0 spiro atoms. The maximum atomic E-state index is 6.21. The van der Waals surface area contributed by atoms with Gasteiger partial charge in [-0.15, -0.1) is 0 Å². The van der Waals surface area contributed by atoms with Crippen LogP contribution in [0, 0.1) is 0 Å². The molecule has 2 atom stereocenters. The summed E-state index contributed by atoms with van der Waals surface area (Å²) in [6.07, 6.45) is 3.53. The minimum Gasteiger partial charge on any atom is -0.378 e. The summed E-state index contributed by atoms with van der Waals surface area (Å²) in [5.74, 6) is 0. The third-order valence-electron chi connectivity index (χ3n) is 2.90. The molecule has 1 fully saturated rings. The van der Waals surface area contributed by atoms with E-state index < -0.39 is 0 Å². The standard InChI is InChI=1S/C12H15Br2NO/c13-8-3-4-11(14)10(6-8)12(15)7-9-2-1-5-16-9/h3-4,6,9,12H,1-2,5,7,15H2. The largest absolute Gasteiger partial charge is 0.378 e. The summed E-state index contributed by atoms with van der Waals surface area (Å²) in [4.78, 5) is 0. The van der Waals surface area contributed by atoms with Crippen LogP contribution in [-0.4, -0.2) is 12.7 Å². The number of rotatable bonds is 3. The fourth-order valence-electron chi connectivity index (χ4n) is 2.04. The van der Waals surface area contributed by atoms with Gasteiger partial charge in [-0.3, -0.25) is 0 Å². The van der Waals surface area contributed by atoms with Gasteiger partial charge in [0.2, 0.25) is 0 Å². The third kappa shape index (κ3) is 3.06. The molecule has 1 aliphatic rings. The molecule has 0 radical (unpaired) electrons. The second-order valence-electron chi connectivity index (χ2n) is 4.14. The molecule has 0 saturated carbocycles. The Balaban J connectivity index is 2.07. The van der Waals surface area contributed by atoms with Crippen molar-refractivity contribution >= 4 is 31.9 Å². The minimum atomic E-state index is 0.0370. The van der Waals surface area contributed by atoms with Gasteiger partial charge < -0.3 is 10.5 Å². The zero-order valence-electron chi connectivity index (χ0n) is 8.96. The van der Waals surface area contributed by atoms with E-state index in [0.29, 0.717) is 6.10 Å². The van der Waals surface area contributed by atoms with Crippen molar-refractivity contribution in [1.82, 2.24) is 0 Å². The summed E-state index contributed by atoms with van der Waals surface area (Å²) in [6, 6.07) is 6.14. The Morgan fingerprint density at radius 2 is 2.25 bits per heavy atom. The first-order valence-corrected chi connectivity index (χ1v) is 7.07. The normalized spacial score (nSPS) is 22.3. The Morgan fingerprint density at radius 3 is 2.94 bits per heavy atom. The van der Waals surface area contributed by atoms with Crippen LogP contribution in [0.2, 0.25) is 0 Å². The van der Waals surface area contributed by atoms with Gasteiger partial charge in [-0.2, -0.15) is 0 Å². The average molecular weight is 349 g/mol. The first-order chi connectivity index (χ1) is 7.66. The summed E-state index contributed by atoms with van der Waals surface area (Å²) >= 11 is 7.01. The maximum Gasteiger partial charge on any atom is 0.0594 e. The summed E-state index contributed by atoms with van der Waals surface area (Å²) in [6.45, 7) is 0.886. The molecule has 0 aromatic heterocycles. The second kappa shape index (κ2) is 5.63. The molecule has 1 aromatic rings. The SMILES string of the molecule is NC(CC1CCCO1)c1cc(Br)ccc1Br. The molecule has 16 heavy (non-hydrogen) atoms. The van der Waals surface area contributed by atoms with E-state index in [4.69, 9.17) is 10.5 Å². The molecule has 4 heteroatoms.